The number of rotatable bonds is 4. The molecule has 6 heteroatoms. The van der Waals surface area contributed by atoms with Crippen molar-refractivity contribution in [1.29, 1.82) is 0 Å². The van der Waals surface area contributed by atoms with Crippen molar-refractivity contribution in [3.63, 3.8) is 0 Å². The van der Waals surface area contributed by atoms with E-state index in [1.807, 2.05) is 6.07 Å². The van der Waals surface area contributed by atoms with Gasteiger partial charge < -0.3 is 0 Å². The number of benzene rings is 1. The highest BCUT2D eigenvalue weighted by atomic mass is 32.2. The second kappa shape index (κ2) is 6.09. The van der Waals surface area contributed by atoms with Crippen LogP contribution in [0.5, 0.6) is 0 Å². The van der Waals surface area contributed by atoms with E-state index in [2.05, 4.69) is 0 Å². The van der Waals surface area contributed by atoms with Crippen molar-refractivity contribution in [2.75, 3.05) is 0 Å². The summed E-state index contributed by atoms with van der Waals surface area (Å²) < 4.78 is 15.6. The SMILES string of the molecule is Cn1c(CSCc2cccc(F)c2)cc(=O)n(C)c1=O. The van der Waals surface area contributed by atoms with Gasteiger partial charge in [0.15, 0.2) is 0 Å². The van der Waals surface area contributed by atoms with E-state index in [1.165, 1.54) is 41.6 Å². The molecule has 0 unspecified atom stereocenters. The van der Waals surface area contributed by atoms with Crippen LogP contribution in [0.15, 0.2) is 39.9 Å². The third-order valence-electron chi connectivity index (χ3n) is 3.03. The molecular formula is C14H15FN2O2S. The van der Waals surface area contributed by atoms with Crippen molar-refractivity contribution in [3.05, 3.63) is 68.2 Å². The van der Waals surface area contributed by atoms with E-state index in [0.717, 1.165) is 10.1 Å². The first kappa shape index (κ1) is 14.6. The zero-order valence-electron chi connectivity index (χ0n) is 11.3. The van der Waals surface area contributed by atoms with Gasteiger partial charge in [0.1, 0.15) is 5.82 Å². The van der Waals surface area contributed by atoms with Crippen molar-refractivity contribution in [2.45, 2.75) is 11.5 Å². The summed E-state index contributed by atoms with van der Waals surface area (Å²) in [7, 11) is 3.09. The first-order valence-corrected chi connectivity index (χ1v) is 7.22. The fourth-order valence-electron chi connectivity index (χ4n) is 1.82. The van der Waals surface area contributed by atoms with Gasteiger partial charge in [0.2, 0.25) is 0 Å². The van der Waals surface area contributed by atoms with Crippen LogP contribution in [0.2, 0.25) is 0 Å². The largest absolute Gasteiger partial charge is 0.330 e. The van der Waals surface area contributed by atoms with Crippen LogP contribution in [0.1, 0.15) is 11.3 Å². The predicted octanol–water partition coefficient (Wildman–Crippen LogP) is 1.66. The van der Waals surface area contributed by atoms with Crippen molar-refractivity contribution in [3.8, 4) is 0 Å². The molecule has 0 fully saturated rings. The zero-order chi connectivity index (χ0) is 14.7. The lowest BCUT2D eigenvalue weighted by Gasteiger charge is -2.09. The summed E-state index contributed by atoms with van der Waals surface area (Å²) in [5.74, 6) is 0.892. The minimum Gasteiger partial charge on any atom is -0.300 e. The molecule has 0 atom stereocenters. The second-order valence-corrected chi connectivity index (χ2v) is 5.48. The van der Waals surface area contributed by atoms with Gasteiger partial charge in [-0.3, -0.25) is 13.9 Å². The van der Waals surface area contributed by atoms with Gasteiger partial charge in [-0.15, -0.1) is 0 Å². The van der Waals surface area contributed by atoms with E-state index >= 15 is 0 Å². The van der Waals surface area contributed by atoms with Crippen molar-refractivity contribution in [2.24, 2.45) is 14.1 Å². The van der Waals surface area contributed by atoms with Gasteiger partial charge in [0, 0.05) is 37.4 Å². The van der Waals surface area contributed by atoms with Gasteiger partial charge in [-0.2, -0.15) is 11.8 Å². The average Bonchev–Trinajstić information content (AvgIpc) is 2.42. The Morgan fingerprint density at radius 1 is 1.10 bits per heavy atom. The van der Waals surface area contributed by atoms with Crippen LogP contribution < -0.4 is 11.2 Å². The molecule has 0 aliphatic rings. The van der Waals surface area contributed by atoms with Crippen molar-refractivity contribution < 1.29 is 4.39 Å². The molecule has 2 aromatic rings. The Morgan fingerprint density at radius 2 is 1.85 bits per heavy atom. The van der Waals surface area contributed by atoms with E-state index < -0.39 is 0 Å². The number of halogens is 1. The van der Waals surface area contributed by atoms with E-state index in [4.69, 9.17) is 0 Å². The highest BCUT2D eigenvalue weighted by molar-refractivity contribution is 7.97. The van der Waals surface area contributed by atoms with E-state index in [9.17, 15) is 14.0 Å². The summed E-state index contributed by atoms with van der Waals surface area (Å²) in [5.41, 5.74) is 0.900. The monoisotopic (exact) mass is 294 g/mol. The molecule has 1 heterocycles. The Kier molecular flexibility index (Phi) is 4.44. The Labute approximate surface area is 119 Å². The first-order chi connectivity index (χ1) is 9.49. The van der Waals surface area contributed by atoms with Crippen molar-refractivity contribution in [1.82, 2.24) is 9.13 Å². The second-order valence-electron chi connectivity index (χ2n) is 4.50. The minimum atomic E-state index is -0.334. The first-order valence-electron chi connectivity index (χ1n) is 6.07. The highest BCUT2D eigenvalue weighted by Gasteiger charge is 2.06. The van der Waals surface area contributed by atoms with Gasteiger partial charge in [-0.05, 0) is 17.7 Å². The topological polar surface area (TPSA) is 44.0 Å². The molecule has 0 radical (unpaired) electrons. The van der Waals surface area contributed by atoms with Crippen LogP contribution in [0.25, 0.3) is 0 Å². The van der Waals surface area contributed by atoms with E-state index in [-0.39, 0.29) is 17.1 Å². The van der Waals surface area contributed by atoms with Crippen LogP contribution in [0, 0.1) is 5.82 Å². The molecule has 1 aromatic heterocycles. The molecule has 0 saturated heterocycles. The summed E-state index contributed by atoms with van der Waals surface area (Å²) in [4.78, 5) is 23.3. The van der Waals surface area contributed by atoms with Crippen LogP contribution in [0.3, 0.4) is 0 Å². The number of thioether (sulfide) groups is 1. The lowest BCUT2D eigenvalue weighted by atomic mass is 10.2. The lowest BCUT2D eigenvalue weighted by molar-refractivity contribution is 0.626. The molecule has 0 aliphatic heterocycles. The number of nitrogens with zero attached hydrogens (tertiary/aromatic N) is 2. The Balaban J connectivity index is 2.09. The standard InChI is InChI=1S/C14H15FN2O2S/c1-16-12(7-13(18)17(2)14(16)19)9-20-8-10-4-3-5-11(15)6-10/h3-7H,8-9H2,1-2H3. The molecule has 0 amide bonds. The fraction of sp³-hybridized carbons (Fsp3) is 0.286. The Morgan fingerprint density at radius 3 is 2.55 bits per heavy atom. The van der Waals surface area contributed by atoms with E-state index in [0.29, 0.717) is 17.2 Å². The molecule has 20 heavy (non-hydrogen) atoms. The van der Waals surface area contributed by atoms with Gasteiger partial charge >= 0.3 is 5.69 Å². The number of hydrogen-bond acceptors (Lipinski definition) is 3. The summed E-state index contributed by atoms with van der Waals surface area (Å²) in [6, 6.07) is 7.85. The molecule has 0 aliphatic carbocycles. The summed E-state index contributed by atoms with van der Waals surface area (Å²) in [6.07, 6.45) is 0. The molecular weight excluding hydrogens is 279 g/mol. The predicted molar refractivity (Wildman–Crippen MR) is 78.3 cm³/mol. The van der Waals surface area contributed by atoms with Crippen LogP contribution in [-0.2, 0) is 25.6 Å². The molecule has 0 spiro atoms. The maximum atomic E-state index is 13.0. The molecule has 0 saturated carbocycles. The molecule has 1 aromatic carbocycles. The summed E-state index contributed by atoms with van der Waals surface area (Å²) in [6.45, 7) is 0. The molecule has 2 rings (SSSR count). The third-order valence-corrected chi connectivity index (χ3v) is 4.07. The quantitative estimate of drug-likeness (QED) is 0.861. The number of hydrogen-bond donors (Lipinski definition) is 0. The van der Waals surface area contributed by atoms with Crippen molar-refractivity contribution >= 4 is 11.8 Å². The Hall–Kier alpha value is -1.82. The normalized spacial score (nSPS) is 10.8. The summed E-state index contributed by atoms with van der Waals surface area (Å²) >= 11 is 1.53. The average molecular weight is 294 g/mol. The fourth-order valence-corrected chi connectivity index (χ4v) is 2.82. The van der Waals surface area contributed by atoms with Crippen LogP contribution in [-0.4, -0.2) is 9.13 Å². The Bertz CT molecular complexity index is 737. The van der Waals surface area contributed by atoms with Gasteiger partial charge in [-0.25, -0.2) is 9.18 Å². The van der Waals surface area contributed by atoms with Crippen LogP contribution >= 0.6 is 11.8 Å². The molecule has 4 nitrogen and oxygen atoms in total. The minimum absolute atomic E-state index is 0.260. The third kappa shape index (κ3) is 3.19. The number of aromatic nitrogens is 2. The smallest absolute Gasteiger partial charge is 0.300 e. The van der Waals surface area contributed by atoms with E-state index in [1.54, 1.807) is 13.1 Å². The maximum absolute atomic E-state index is 13.0. The zero-order valence-corrected chi connectivity index (χ0v) is 12.1. The maximum Gasteiger partial charge on any atom is 0.330 e. The molecule has 106 valence electrons. The lowest BCUT2D eigenvalue weighted by Crippen LogP contribution is -2.37. The molecule has 0 bridgehead atoms. The van der Waals surface area contributed by atoms with Gasteiger partial charge in [0.25, 0.3) is 5.56 Å². The van der Waals surface area contributed by atoms with Gasteiger partial charge in [-0.1, -0.05) is 12.1 Å². The van der Waals surface area contributed by atoms with Crippen LogP contribution in [0.4, 0.5) is 4.39 Å². The highest BCUT2D eigenvalue weighted by Crippen LogP contribution is 2.17. The summed E-state index contributed by atoms with van der Waals surface area (Å²) in [5, 5.41) is 0. The van der Waals surface area contributed by atoms with Gasteiger partial charge in [0.05, 0.1) is 0 Å². The molecule has 0 N–H and O–H groups in total.